The van der Waals surface area contributed by atoms with Gasteiger partial charge in [0.05, 0.1) is 0 Å². The average Bonchev–Trinajstić information content (AvgIpc) is 3.32. The third-order valence-electron chi connectivity index (χ3n) is 5.38. The summed E-state index contributed by atoms with van der Waals surface area (Å²) in [6.07, 6.45) is 0. The summed E-state index contributed by atoms with van der Waals surface area (Å²) < 4.78 is 26.1. The van der Waals surface area contributed by atoms with Crippen LogP contribution in [0.25, 0.3) is 0 Å². The second kappa shape index (κ2) is 6.25. The van der Waals surface area contributed by atoms with E-state index in [0.29, 0.717) is 33.2 Å². The van der Waals surface area contributed by atoms with Crippen LogP contribution >= 0.6 is 7.14 Å². The van der Waals surface area contributed by atoms with E-state index in [9.17, 15) is 9.36 Å². The van der Waals surface area contributed by atoms with E-state index in [4.69, 9.17) is 9.47 Å². The lowest BCUT2D eigenvalue weighted by molar-refractivity contribution is 0.0808. The van der Waals surface area contributed by atoms with Crippen molar-refractivity contribution in [1.29, 1.82) is 0 Å². The highest BCUT2D eigenvalue weighted by atomic mass is 31.2. The molecule has 0 saturated heterocycles. The molecule has 1 unspecified atom stereocenters. The zero-order chi connectivity index (χ0) is 19.3. The highest BCUT2D eigenvalue weighted by molar-refractivity contribution is 7.79. The van der Waals surface area contributed by atoms with E-state index in [1.807, 2.05) is 60.7 Å². The van der Waals surface area contributed by atoms with Gasteiger partial charge in [0.15, 0.2) is 18.6 Å². The standard InChI is InChI=1S/C22H18NO4P/c1-23-21(24)17-12-13-18-20(27-14-26-18)19(17)22(23)28(25,15-8-4-2-5-9-15)16-10-6-3-7-11-16/h2-13,22H,14H2,1H3. The second-order valence-corrected chi connectivity index (χ2v) is 9.72. The maximum Gasteiger partial charge on any atom is 0.255 e. The van der Waals surface area contributed by atoms with Crippen molar-refractivity contribution >= 4 is 23.7 Å². The Hall–Kier alpha value is -3.04. The Balaban J connectivity index is 1.82. The van der Waals surface area contributed by atoms with Crippen LogP contribution in [0.4, 0.5) is 0 Å². The van der Waals surface area contributed by atoms with E-state index in [0.717, 1.165) is 0 Å². The molecule has 0 fully saturated rings. The van der Waals surface area contributed by atoms with Crippen LogP contribution in [0.2, 0.25) is 0 Å². The van der Waals surface area contributed by atoms with Crippen molar-refractivity contribution in [3.05, 3.63) is 83.9 Å². The summed E-state index contributed by atoms with van der Waals surface area (Å²) in [6.45, 7) is 0.0946. The number of ether oxygens (including phenoxy) is 2. The smallest absolute Gasteiger partial charge is 0.255 e. The summed E-state index contributed by atoms with van der Waals surface area (Å²) >= 11 is 0. The first-order valence-corrected chi connectivity index (χ1v) is 10.8. The fourth-order valence-corrected chi connectivity index (χ4v) is 7.39. The van der Waals surface area contributed by atoms with Crippen LogP contribution in [0.5, 0.6) is 11.5 Å². The van der Waals surface area contributed by atoms with Crippen LogP contribution < -0.4 is 20.1 Å². The number of benzene rings is 3. The number of nitrogens with zero attached hydrogens (tertiary/aromatic N) is 1. The molecule has 2 aliphatic heterocycles. The van der Waals surface area contributed by atoms with Gasteiger partial charge < -0.3 is 18.9 Å². The Bertz CT molecular complexity index is 1070. The van der Waals surface area contributed by atoms with Gasteiger partial charge in [-0.15, -0.1) is 0 Å². The Morgan fingerprint density at radius 3 is 2.11 bits per heavy atom. The average molecular weight is 391 g/mol. The lowest BCUT2D eigenvalue weighted by Gasteiger charge is -2.31. The van der Waals surface area contributed by atoms with Gasteiger partial charge in [0.1, 0.15) is 5.78 Å². The van der Waals surface area contributed by atoms with Gasteiger partial charge in [-0.2, -0.15) is 0 Å². The molecule has 3 aromatic rings. The SMILES string of the molecule is CN1C(=O)c2ccc3c(c2C1P(=O)(c1ccccc1)c1ccccc1)OCO3. The molecule has 0 bridgehead atoms. The van der Waals surface area contributed by atoms with Gasteiger partial charge in [-0.3, -0.25) is 4.79 Å². The van der Waals surface area contributed by atoms with Crippen LogP contribution in [-0.4, -0.2) is 24.6 Å². The normalized spacial score (nSPS) is 17.7. The summed E-state index contributed by atoms with van der Waals surface area (Å²) in [5.41, 5.74) is 1.17. The lowest BCUT2D eigenvalue weighted by Crippen LogP contribution is -2.30. The van der Waals surface area contributed by atoms with Gasteiger partial charge in [0.2, 0.25) is 6.79 Å². The molecular weight excluding hydrogens is 373 g/mol. The van der Waals surface area contributed by atoms with Gasteiger partial charge in [-0.25, -0.2) is 0 Å². The molecule has 2 heterocycles. The minimum atomic E-state index is -3.26. The quantitative estimate of drug-likeness (QED) is 0.641. The molecule has 0 aromatic heterocycles. The van der Waals surface area contributed by atoms with Crippen molar-refractivity contribution in [2.75, 3.05) is 13.8 Å². The Labute approximate surface area is 162 Å². The molecule has 5 rings (SSSR count). The Kier molecular flexibility index (Phi) is 3.81. The van der Waals surface area contributed by atoms with Crippen LogP contribution in [-0.2, 0) is 4.57 Å². The van der Waals surface area contributed by atoms with Gasteiger partial charge >= 0.3 is 0 Å². The Morgan fingerprint density at radius 1 is 0.893 bits per heavy atom. The van der Waals surface area contributed by atoms with E-state index in [-0.39, 0.29) is 12.7 Å². The van der Waals surface area contributed by atoms with E-state index in [2.05, 4.69) is 0 Å². The first-order chi connectivity index (χ1) is 13.6. The third kappa shape index (κ3) is 2.26. The number of rotatable bonds is 3. The van der Waals surface area contributed by atoms with Gasteiger partial charge in [-0.05, 0) is 12.1 Å². The van der Waals surface area contributed by atoms with Crippen molar-refractivity contribution in [3.63, 3.8) is 0 Å². The van der Waals surface area contributed by atoms with E-state index >= 15 is 0 Å². The zero-order valence-corrected chi connectivity index (χ0v) is 16.1. The van der Waals surface area contributed by atoms with Crippen molar-refractivity contribution < 1.29 is 18.8 Å². The second-order valence-electron chi connectivity index (χ2n) is 6.88. The molecule has 1 amide bonds. The van der Waals surface area contributed by atoms with Crippen LogP contribution in [0.3, 0.4) is 0 Å². The van der Waals surface area contributed by atoms with Gasteiger partial charge in [0.25, 0.3) is 5.91 Å². The summed E-state index contributed by atoms with van der Waals surface area (Å²) in [5, 5.41) is 1.41. The third-order valence-corrected chi connectivity index (χ3v) is 8.80. The topological polar surface area (TPSA) is 55.8 Å². The molecule has 0 radical (unpaired) electrons. The number of amides is 1. The minimum Gasteiger partial charge on any atom is -0.454 e. The fraction of sp³-hybridized carbons (Fsp3) is 0.136. The van der Waals surface area contributed by atoms with Gasteiger partial charge in [-0.1, -0.05) is 60.7 Å². The van der Waals surface area contributed by atoms with Crippen LogP contribution in [0, 0.1) is 0 Å². The monoisotopic (exact) mass is 391 g/mol. The zero-order valence-electron chi connectivity index (χ0n) is 15.2. The maximum absolute atomic E-state index is 14.8. The predicted molar refractivity (Wildman–Crippen MR) is 107 cm³/mol. The fourth-order valence-electron chi connectivity index (χ4n) is 4.09. The molecule has 0 aliphatic carbocycles. The number of hydrogen-bond acceptors (Lipinski definition) is 4. The lowest BCUT2D eigenvalue weighted by atomic mass is 10.1. The summed E-state index contributed by atoms with van der Waals surface area (Å²) in [5.74, 6) is 0.286. The van der Waals surface area contributed by atoms with E-state index in [1.54, 1.807) is 24.1 Å². The summed E-state index contributed by atoms with van der Waals surface area (Å²) in [7, 11) is -1.56. The molecular formula is C22H18NO4P. The maximum atomic E-state index is 14.8. The number of hydrogen-bond donors (Lipinski definition) is 0. The van der Waals surface area contributed by atoms with E-state index < -0.39 is 12.9 Å². The number of carbonyl (C=O) groups excluding carboxylic acids is 1. The van der Waals surface area contributed by atoms with E-state index in [1.165, 1.54) is 0 Å². The summed E-state index contributed by atoms with van der Waals surface area (Å²) in [4.78, 5) is 14.6. The highest BCUT2D eigenvalue weighted by Crippen LogP contribution is 2.64. The number of fused-ring (bicyclic) bond motifs is 3. The summed E-state index contributed by atoms with van der Waals surface area (Å²) in [6, 6.07) is 22.2. The highest BCUT2D eigenvalue weighted by Gasteiger charge is 2.50. The Morgan fingerprint density at radius 2 is 1.50 bits per heavy atom. The number of carbonyl (C=O) groups is 1. The minimum absolute atomic E-state index is 0.0946. The molecule has 140 valence electrons. The molecule has 6 heteroatoms. The first-order valence-electron chi connectivity index (χ1n) is 9.03. The molecule has 0 saturated carbocycles. The molecule has 0 N–H and O–H groups in total. The van der Waals surface area contributed by atoms with Crippen molar-refractivity contribution in [2.45, 2.75) is 5.78 Å². The predicted octanol–water partition coefficient (Wildman–Crippen LogP) is 3.51. The van der Waals surface area contributed by atoms with Crippen molar-refractivity contribution in [1.82, 2.24) is 4.90 Å². The largest absolute Gasteiger partial charge is 0.454 e. The first kappa shape index (κ1) is 17.1. The molecule has 3 aromatic carbocycles. The van der Waals surface area contributed by atoms with Gasteiger partial charge in [0, 0.05) is 28.8 Å². The van der Waals surface area contributed by atoms with Crippen LogP contribution in [0.15, 0.2) is 72.8 Å². The molecule has 1 atom stereocenters. The van der Waals surface area contributed by atoms with Crippen molar-refractivity contribution in [2.24, 2.45) is 0 Å². The van der Waals surface area contributed by atoms with Crippen LogP contribution in [0.1, 0.15) is 21.7 Å². The molecule has 0 spiro atoms. The molecule has 28 heavy (non-hydrogen) atoms. The molecule has 2 aliphatic rings. The van der Waals surface area contributed by atoms with Crippen molar-refractivity contribution in [3.8, 4) is 11.5 Å². The molecule has 5 nitrogen and oxygen atoms in total.